The van der Waals surface area contributed by atoms with E-state index < -0.39 is 0 Å². The fraction of sp³-hybridized carbons (Fsp3) is 0.444. The Morgan fingerprint density at radius 1 is 1.33 bits per heavy atom. The van der Waals surface area contributed by atoms with Crippen LogP contribution >= 0.6 is 0 Å². The highest BCUT2D eigenvalue weighted by molar-refractivity contribution is 5.65. The maximum absolute atomic E-state index is 4.36. The second kappa shape index (κ2) is 3.43. The highest BCUT2D eigenvalue weighted by Crippen LogP contribution is 2.20. The monoisotopic (exact) mass is 165 g/mol. The molecular formula is C9H15N3. The second-order valence-corrected chi connectivity index (χ2v) is 2.96. The molecule has 0 aliphatic carbocycles. The SMILES string of the molecule is CNc1nc(C)ccc1N(C)C. The first-order valence-corrected chi connectivity index (χ1v) is 3.98. The van der Waals surface area contributed by atoms with Crippen molar-refractivity contribution in [1.82, 2.24) is 4.98 Å². The number of nitrogens with zero attached hydrogens (tertiary/aromatic N) is 2. The number of pyridine rings is 1. The topological polar surface area (TPSA) is 28.2 Å². The Bertz CT molecular complexity index is 268. The Kier molecular flexibility index (Phi) is 2.53. The highest BCUT2D eigenvalue weighted by Gasteiger charge is 2.03. The van der Waals surface area contributed by atoms with E-state index >= 15 is 0 Å². The molecule has 66 valence electrons. The predicted molar refractivity (Wildman–Crippen MR) is 52.8 cm³/mol. The molecule has 0 unspecified atom stereocenters. The Labute approximate surface area is 73.4 Å². The van der Waals surface area contributed by atoms with Crippen LogP contribution in [-0.2, 0) is 0 Å². The average molecular weight is 165 g/mol. The van der Waals surface area contributed by atoms with E-state index in [0.717, 1.165) is 17.2 Å². The molecule has 0 aromatic carbocycles. The first-order valence-electron chi connectivity index (χ1n) is 3.98. The molecule has 0 saturated heterocycles. The molecule has 0 amide bonds. The van der Waals surface area contributed by atoms with Gasteiger partial charge in [0.2, 0.25) is 0 Å². The molecule has 3 nitrogen and oxygen atoms in total. The van der Waals surface area contributed by atoms with E-state index in [0.29, 0.717) is 0 Å². The minimum Gasteiger partial charge on any atom is -0.375 e. The van der Waals surface area contributed by atoms with Crippen molar-refractivity contribution in [1.29, 1.82) is 0 Å². The van der Waals surface area contributed by atoms with Crippen LogP contribution in [0.4, 0.5) is 11.5 Å². The van der Waals surface area contributed by atoms with E-state index in [1.165, 1.54) is 0 Å². The van der Waals surface area contributed by atoms with E-state index in [1.54, 1.807) is 0 Å². The molecule has 0 spiro atoms. The maximum Gasteiger partial charge on any atom is 0.149 e. The van der Waals surface area contributed by atoms with Gasteiger partial charge in [0, 0.05) is 26.8 Å². The number of anilines is 2. The van der Waals surface area contributed by atoms with Crippen molar-refractivity contribution in [2.75, 3.05) is 31.4 Å². The predicted octanol–water partition coefficient (Wildman–Crippen LogP) is 1.50. The molecule has 3 heteroatoms. The van der Waals surface area contributed by atoms with Gasteiger partial charge in [-0.2, -0.15) is 0 Å². The van der Waals surface area contributed by atoms with Crippen LogP contribution in [0.5, 0.6) is 0 Å². The Morgan fingerprint density at radius 3 is 2.50 bits per heavy atom. The van der Waals surface area contributed by atoms with Crippen molar-refractivity contribution in [3.63, 3.8) is 0 Å². The molecule has 0 saturated carbocycles. The van der Waals surface area contributed by atoms with E-state index in [-0.39, 0.29) is 0 Å². The molecule has 12 heavy (non-hydrogen) atoms. The summed E-state index contributed by atoms with van der Waals surface area (Å²) in [6, 6.07) is 4.07. The summed E-state index contributed by atoms with van der Waals surface area (Å²) in [4.78, 5) is 6.40. The third-order valence-corrected chi connectivity index (χ3v) is 1.73. The number of aryl methyl sites for hydroxylation is 1. The lowest BCUT2D eigenvalue weighted by Gasteiger charge is -2.16. The lowest BCUT2D eigenvalue weighted by Crippen LogP contribution is -2.12. The van der Waals surface area contributed by atoms with E-state index in [1.807, 2.05) is 39.0 Å². The summed E-state index contributed by atoms with van der Waals surface area (Å²) >= 11 is 0. The number of hydrogen-bond acceptors (Lipinski definition) is 3. The average Bonchev–Trinajstić information content (AvgIpc) is 2.03. The van der Waals surface area contributed by atoms with Gasteiger partial charge in [0.25, 0.3) is 0 Å². The quantitative estimate of drug-likeness (QED) is 0.719. The van der Waals surface area contributed by atoms with Gasteiger partial charge in [0.05, 0.1) is 5.69 Å². The van der Waals surface area contributed by atoms with Gasteiger partial charge in [-0.3, -0.25) is 0 Å². The van der Waals surface area contributed by atoms with Crippen LogP contribution < -0.4 is 10.2 Å². The van der Waals surface area contributed by atoms with Crippen molar-refractivity contribution in [3.8, 4) is 0 Å². The van der Waals surface area contributed by atoms with E-state index in [4.69, 9.17) is 0 Å². The first kappa shape index (κ1) is 8.84. The molecule has 1 aromatic heterocycles. The largest absolute Gasteiger partial charge is 0.375 e. The van der Waals surface area contributed by atoms with Gasteiger partial charge in [0.15, 0.2) is 0 Å². The summed E-state index contributed by atoms with van der Waals surface area (Å²) < 4.78 is 0. The summed E-state index contributed by atoms with van der Waals surface area (Å²) in [5.41, 5.74) is 2.15. The van der Waals surface area contributed by atoms with Crippen LogP contribution in [0.3, 0.4) is 0 Å². The normalized spacial score (nSPS) is 9.67. The molecule has 0 aliphatic heterocycles. The van der Waals surface area contributed by atoms with Crippen molar-refractivity contribution in [3.05, 3.63) is 17.8 Å². The van der Waals surface area contributed by atoms with Crippen LogP contribution in [0.25, 0.3) is 0 Å². The molecular weight excluding hydrogens is 150 g/mol. The molecule has 0 atom stereocenters. The summed E-state index contributed by atoms with van der Waals surface area (Å²) in [6.45, 7) is 1.99. The minimum atomic E-state index is 0.931. The number of rotatable bonds is 2. The van der Waals surface area contributed by atoms with Crippen LogP contribution in [0.2, 0.25) is 0 Å². The fourth-order valence-corrected chi connectivity index (χ4v) is 1.09. The molecule has 0 bridgehead atoms. The molecule has 1 rings (SSSR count). The number of hydrogen-bond donors (Lipinski definition) is 1. The molecule has 0 fully saturated rings. The summed E-state index contributed by atoms with van der Waals surface area (Å²) in [7, 11) is 5.90. The fourth-order valence-electron chi connectivity index (χ4n) is 1.09. The zero-order chi connectivity index (χ0) is 9.14. The number of nitrogens with one attached hydrogen (secondary N) is 1. The third kappa shape index (κ3) is 1.67. The Hall–Kier alpha value is -1.25. The van der Waals surface area contributed by atoms with Gasteiger partial charge in [-0.1, -0.05) is 0 Å². The molecule has 0 aliphatic rings. The van der Waals surface area contributed by atoms with Crippen molar-refractivity contribution >= 4 is 11.5 Å². The van der Waals surface area contributed by atoms with Crippen LogP contribution in [0, 0.1) is 6.92 Å². The highest BCUT2D eigenvalue weighted by atomic mass is 15.1. The molecule has 0 radical (unpaired) electrons. The number of aromatic nitrogens is 1. The zero-order valence-electron chi connectivity index (χ0n) is 8.05. The van der Waals surface area contributed by atoms with Crippen LogP contribution in [0.1, 0.15) is 5.69 Å². The Morgan fingerprint density at radius 2 is 2.00 bits per heavy atom. The van der Waals surface area contributed by atoms with Gasteiger partial charge in [-0.05, 0) is 19.1 Å². The minimum absolute atomic E-state index is 0.931. The summed E-state index contributed by atoms with van der Waals surface area (Å²) in [5.74, 6) is 0.931. The van der Waals surface area contributed by atoms with Gasteiger partial charge in [0.1, 0.15) is 5.82 Å². The maximum atomic E-state index is 4.36. The lowest BCUT2D eigenvalue weighted by molar-refractivity contribution is 1.09. The Balaban J connectivity index is 3.11. The summed E-state index contributed by atoms with van der Waals surface area (Å²) in [5, 5.41) is 3.06. The second-order valence-electron chi connectivity index (χ2n) is 2.96. The van der Waals surface area contributed by atoms with Crippen LogP contribution in [-0.4, -0.2) is 26.1 Å². The van der Waals surface area contributed by atoms with Gasteiger partial charge in [-0.15, -0.1) is 0 Å². The third-order valence-electron chi connectivity index (χ3n) is 1.73. The van der Waals surface area contributed by atoms with E-state index in [2.05, 4.69) is 16.4 Å². The van der Waals surface area contributed by atoms with Crippen molar-refractivity contribution in [2.45, 2.75) is 6.92 Å². The van der Waals surface area contributed by atoms with Gasteiger partial charge in [-0.25, -0.2) is 4.98 Å². The zero-order valence-corrected chi connectivity index (χ0v) is 8.05. The molecule has 1 aromatic rings. The van der Waals surface area contributed by atoms with Crippen molar-refractivity contribution < 1.29 is 0 Å². The van der Waals surface area contributed by atoms with Gasteiger partial charge < -0.3 is 10.2 Å². The standard InChI is InChI=1S/C9H15N3/c1-7-5-6-8(12(3)4)9(10-2)11-7/h5-6H,1-4H3,(H,10,11). The van der Waals surface area contributed by atoms with Gasteiger partial charge >= 0.3 is 0 Å². The lowest BCUT2D eigenvalue weighted by atomic mass is 10.3. The smallest absolute Gasteiger partial charge is 0.149 e. The van der Waals surface area contributed by atoms with E-state index in [9.17, 15) is 0 Å². The van der Waals surface area contributed by atoms with Crippen molar-refractivity contribution in [2.24, 2.45) is 0 Å². The molecule has 1 N–H and O–H groups in total. The summed E-state index contributed by atoms with van der Waals surface area (Å²) in [6.07, 6.45) is 0. The first-order chi connectivity index (χ1) is 5.65. The van der Waals surface area contributed by atoms with Crippen LogP contribution in [0.15, 0.2) is 12.1 Å². The molecule has 1 heterocycles.